The molecule has 0 radical (unpaired) electrons. The summed E-state index contributed by atoms with van der Waals surface area (Å²) in [5.41, 5.74) is 2.28. The fraction of sp³-hybridized carbons (Fsp3) is 0.667. The van der Waals surface area contributed by atoms with Gasteiger partial charge in [-0.3, -0.25) is 5.41 Å². The molecule has 0 bridgehead atoms. The van der Waals surface area contributed by atoms with Gasteiger partial charge >= 0.3 is 10.2 Å². The largest absolute Gasteiger partial charge is 0.315 e. The lowest BCUT2D eigenvalue weighted by Crippen LogP contribution is -2.44. The minimum atomic E-state index is -3.53. The maximum atomic E-state index is 10.8. The van der Waals surface area contributed by atoms with Crippen molar-refractivity contribution in [3.63, 3.8) is 0 Å². The van der Waals surface area contributed by atoms with E-state index in [0.29, 0.717) is 10.8 Å². The summed E-state index contributed by atoms with van der Waals surface area (Å²) in [5, 5.41) is 6.64. The summed E-state index contributed by atoms with van der Waals surface area (Å²) in [6.07, 6.45) is 0.659. The quantitative estimate of drug-likeness (QED) is 0.270. The fourth-order valence-corrected chi connectivity index (χ4v) is 0.928. The van der Waals surface area contributed by atoms with Crippen LogP contribution >= 0.6 is 0 Å². The summed E-state index contributed by atoms with van der Waals surface area (Å²) in [6.45, 7) is 0. The average molecular weight is 166 g/mol. The number of nitrogens with zero attached hydrogens (tertiary/aromatic N) is 1. The van der Waals surface area contributed by atoms with Crippen LogP contribution in [0.5, 0.6) is 0 Å². The van der Waals surface area contributed by atoms with E-state index >= 15 is 0 Å². The van der Waals surface area contributed by atoms with Crippen molar-refractivity contribution in [2.45, 2.75) is 0 Å². The fourth-order valence-electron chi connectivity index (χ4n) is 0.352. The maximum Gasteiger partial charge on any atom is 0.315 e. The molecule has 3 N–H and O–H groups in total. The first-order valence-electron chi connectivity index (χ1n) is 2.49. The van der Waals surface area contributed by atoms with E-state index in [2.05, 4.69) is 5.43 Å². The number of nitrogens with one attached hydrogen (secondary N) is 3. The second-order valence-electron chi connectivity index (χ2n) is 1.36. The van der Waals surface area contributed by atoms with Gasteiger partial charge in [0.25, 0.3) is 0 Å². The van der Waals surface area contributed by atoms with Crippen LogP contribution in [0, 0.1) is 5.41 Å². The molecule has 0 aliphatic rings. The Morgan fingerprint density at radius 3 is 2.10 bits per heavy atom. The predicted molar refractivity (Wildman–Crippen MR) is 37.7 cm³/mol. The van der Waals surface area contributed by atoms with Crippen molar-refractivity contribution >= 4 is 16.5 Å². The van der Waals surface area contributed by atoms with Crippen molar-refractivity contribution in [1.29, 1.82) is 5.41 Å². The molecule has 0 amide bonds. The van der Waals surface area contributed by atoms with E-state index in [1.54, 1.807) is 0 Å². The standard InChI is InChI=1S/C3H10N4O2S/c1-5-7(3-4)10(8,9)6-2/h3-6H,1-2H3. The van der Waals surface area contributed by atoms with Crippen LogP contribution < -0.4 is 10.1 Å². The summed E-state index contributed by atoms with van der Waals surface area (Å²) >= 11 is 0. The molecular weight excluding hydrogens is 156 g/mol. The van der Waals surface area contributed by atoms with Crippen molar-refractivity contribution in [2.75, 3.05) is 14.1 Å². The van der Waals surface area contributed by atoms with Crippen molar-refractivity contribution in [2.24, 2.45) is 0 Å². The van der Waals surface area contributed by atoms with Gasteiger partial charge in [-0.15, -0.1) is 0 Å². The van der Waals surface area contributed by atoms with E-state index in [-0.39, 0.29) is 0 Å². The Morgan fingerprint density at radius 1 is 1.50 bits per heavy atom. The SMILES string of the molecule is CNN(C=N)S(=O)(=O)NC. The van der Waals surface area contributed by atoms with Gasteiger partial charge in [-0.1, -0.05) is 0 Å². The molecular formula is C3H10N4O2S. The van der Waals surface area contributed by atoms with Gasteiger partial charge in [0.05, 0.1) is 0 Å². The van der Waals surface area contributed by atoms with E-state index in [9.17, 15) is 8.42 Å². The van der Waals surface area contributed by atoms with Crippen molar-refractivity contribution in [3.05, 3.63) is 0 Å². The zero-order valence-electron chi connectivity index (χ0n) is 5.75. The molecule has 6 nitrogen and oxygen atoms in total. The Bertz CT molecular complexity index is 199. The predicted octanol–water partition coefficient (Wildman–Crippen LogP) is -1.51. The zero-order valence-corrected chi connectivity index (χ0v) is 6.57. The highest BCUT2D eigenvalue weighted by atomic mass is 32.2. The van der Waals surface area contributed by atoms with E-state index in [1.807, 2.05) is 4.72 Å². The molecule has 0 atom stereocenters. The van der Waals surface area contributed by atoms with Crippen LogP contribution in [0.2, 0.25) is 0 Å². The van der Waals surface area contributed by atoms with Crippen LogP contribution in [0.15, 0.2) is 0 Å². The van der Waals surface area contributed by atoms with Gasteiger partial charge in [-0.05, 0) is 0 Å². The van der Waals surface area contributed by atoms with Crippen molar-refractivity contribution in [1.82, 2.24) is 14.6 Å². The van der Waals surface area contributed by atoms with E-state index in [4.69, 9.17) is 5.41 Å². The number of hydrazine groups is 1. The first-order valence-corrected chi connectivity index (χ1v) is 3.93. The molecule has 0 unspecified atom stereocenters. The van der Waals surface area contributed by atoms with E-state index in [1.165, 1.54) is 14.1 Å². The molecule has 0 heterocycles. The topological polar surface area (TPSA) is 85.3 Å². The van der Waals surface area contributed by atoms with E-state index in [0.717, 1.165) is 0 Å². The summed E-state index contributed by atoms with van der Waals surface area (Å²) in [5.74, 6) is 0. The number of hydrogen-bond donors (Lipinski definition) is 3. The molecule has 10 heavy (non-hydrogen) atoms. The highest BCUT2D eigenvalue weighted by Gasteiger charge is 2.12. The minimum Gasteiger partial charge on any atom is -0.289 e. The first kappa shape index (κ1) is 9.34. The van der Waals surface area contributed by atoms with Crippen LogP contribution in [0.3, 0.4) is 0 Å². The lowest BCUT2D eigenvalue weighted by molar-refractivity contribution is 0.467. The molecule has 0 aliphatic carbocycles. The minimum absolute atomic E-state index is 0.646. The van der Waals surface area contributed by atoms with Crippen LogP contribution in [0.4, 0.5) is 0 Å². The first-order chi connectivity index (χ1) is 4.58. The maximum absolute atomic E-state index is 10.8. The summed E-state index contributed by atoms with van der Waals surface area (Å²) < 4.78 is 24.2. The van der Waals surface area contributed by atoms with Crippen LogP contribution in [-0.4, -0.2) is 33.3 Å². The lowest BCUT2D eigenvalue weighted by atomic mass is 11.3. The molecule has 0 aliphatic heterocycles. The third kappa shape index (κ3) is 1.94. The van der Waals surface area contributed by atoms with Crippen molar-refractivity contribution in [3.8, 4) is 0 Å². The smallest absolute Gasteiger partial charge is 0.289 e. The van der Waals surface area contributed by atoms with Crippen LogP contribution in [0.25, 0.3) is 0 Å². The summed E-state index contributed by atoms with van der Waals surface area (Å²) in [6, 6.07) is 0. The summed E-state index contributed by atoms with van der Waals surface area (Å²) in [7, 11) is -0.862. The van der Waals surface area contributed by atoms with Gasteiger partial charge in [0, 0.05) is 14.1 Å². The molecule has 0 spiro atoms. The molecule has 0 rings (SSSR count). The third-order valence-electron chi connectivity index (χ3n) is 0.855. The normalized spacial score (nSPS) is 11.0. The highest BCUT2D eigenvalue weighted by Crippen LogP contribution is 1.84. The monoisotopic (exact) mass is 166 g/mol. The average Bonchev–Trinajstić information content (AvgIpc) is 1.90. The Labute approximate surface area is 59.9 Å². The Hall–Kier alpha value is -0.660. The van der Waals surface area contributed by atoms with Gasteiger partial charge in [0.15, 0.2) is 0 Å². The second-order valence-corrected chi connectivity index (χ2v) is 3.11. The summed E-state index contributed by atoms with van der Waals surface area (Å²) in [4.78, 5) is 0. The van der Waals surface area contributed by atoms with Gasteiger partial charge in [0.2, 0.25) is 0 Å². The van der Waals surface area contributed by atoms with Crippen LogP contribution in [0.1, 0.15) is 0 Å². The van der Waals surface area contributed by atoms with E-state index < -0.39 is 10.2 Å². The molecule has 60 valence electrons. The number of hydrogen-bond acceptors (Lipinski definition) is 4. The van der Waals surface area contributed by atoms with Crippen LogP contribution in [-0.2, 0) is 10.2 Å². The lowest BCUT2D eigenvalue weighted by Gasteiger charge is -2.15. The second kappa shape index (κ2) is 3.49. The molecule has 0 saturated heterocycles. The third-order valence-corrected chi connectivity index (χ3v) is 2.18. The Balaban J connectivity index is 4.43. The molecule has 0 aromatic rings. The Morgan fingerprint density at radius 2 is 2.00 bits per heavy atom. The van der Waals surface area contributed by atoms with Gasteiger partial charge in [0.1, 0.15) is 6.34 Å². The van der Waals surface area contributed by atoms with Crippen molar-refractivity contribution < 1.29 is 8.42 Å². The molecule has 0 aromatic heterocycles. The van der Waals surface area contributed by atoms with Gasteiger partial charge in [-0.25, -0.2) is 5.43 Å². The number of rotatable bonds is 4. The molecule has 0 fully saturated rings. The van der Waals surface area contributed by atoms with Gasteiger partial charge in [-0.2, -0.15) is 17.6 Å². The molecule has 0 saturated carbocycles. The zero-order chi connectivity index (χ0) is 8.20. The van der Waals surface area contributed by atoms with Gasteiger partial charge < -0.3 is 0 Å². The molecule has 7 heteroatoms. The Kier molecular flexibility index (Phi) is 3.26. The molecule has 0 aromatic carbocycles. The highest BCUT2D eigenvalue weighted by molar-refractivity contribution is 7.87.